The number of aliphatic hydroxyl groups is 1. The standard InChI is InChI=1S/C17H20N2O3S/c20-15-5-1-2-8-19(15)12-16(21)18-9-6-13(7-10-18)17(22)14-4-3-11-23-14/h1-5,8,11,13,17,22H,6-7,9-10,12H2/t17-/m0/s1. The summed E-state index contributed by atoms with van der Waals surface area (Å²) in [5.41, 5.74) is -0.163. The number of hydrogen-bond donors (Lipinski definition) is 1. The topological polar surface area (TPSA) is 62.5 Å². The zero-order valence-electron chi connectivity index (χ0n) is 12.8. The van der Waals surface area contributed by atoms with Crippen molar-refractivity contribution in [1.82, 2.24) is 9.47 Å². The molecule has 5 nitrogen and oxygen atoms in total. The van der Waals surface area contributed by atoms with Crippen LogP contribution in [0.25, 0.3) is 0 Å². The van der Waals surface area contributed by atoms with Crippen molar-refractivity contribution < 1.29 is 9.90 Å². The van der Waals surface area contributed by atoms with Crippen LogP contribution in [0, 0.1) is 5.92 Å². The van der Waals surface area contributed by atoms with Gasteiger partial charge in [0.05, 0.1) is 6.10 Å². The Morgan fingerprint density at radius 3 is 2.70 bits per heavy atom. The van der Waals surface area contributed by atoms with Gasteiger partial charge in [-0.2, -0.15) is 0 Å². The molecule has 1 amide bonds. The zero-order valence-corrected chi connectivity index (χ0v) is 13.6. The minimum atomic E-state index is -0.441. The minimum absolute atomic E-state index is 0.0395. The molecular formula is C17H20N2O3S. The Balaban J connectivity index is 1.55. The molecule has 0 radical (unpaired) electrons. The highest BCUT2D eigenvalue weighted by molar-refractivity contribution is 7.10. The van der Waals surface area contributed by atoms with Crippen LogP contribution in [-0.4, -0.2) is 33.6 Å². The van der Waals surface area contributed by atoms with E-state index in [9.17, 15) is 14.7 Å². The molecule has 2 aromatic rings. The molecule has 1 atom stereocenters. The Kier molecular flexibility index (Phi) is 4.93. The van der Waals surface area contributed by atoms with Crippen molar-refractivity contribution in [2.45, 2.75) is 25.5 Å². The lowest BCUT2D eigenvalue weighted by molar-refractivity contribution is -0.133. The number of likely N-dealkylation sites (tertiary alicyclic amines) is 1. The normalized spacial score (nSPS) is 17.2. The van der Waals surface area contributed by atoms with E-state index in [-0.39, 0.29) is 23.9 Å². The van der Waals surface area contributed by atoms with Crippen molar-refractivity contribution in [2.75, 3.05) is 13.1 Å². The molecule has 0 spiro atoms. The molecule has 1 N–H and O–H groups in total. The number of nitrogens with zero attached hydrogens (tertiary/aromatic N) is 2. The van der Waals surface area contributed by atoms with E-state index in [2.05, 4.69) is 0 Å². The minimum Gasteiger partial charge on any atom is -0.387 e. The Bertz CT molecular complexity index is 703. The highest BCUT2D eigenvalue weighted by Gasteiger charge is 2.28. The van der Waals surface area contributed by atoms with Crippen molar-refractivity contribution in [3.63, 3.8) is 0 Å². The van der Waals surface area contributed by atoms with E-state index >= 15 is 0 Å². The Morgan fingerprint density at radius 2 is 2.04 bits per heavy atom. The SMILES string of the molecule is O=C(Cn1ccccc1=O)N1CCC([C@H](O)c2cccs2)CC1. The molecule has 6 heteroatoms. The average Bonchev–Trinajstić information content (AvgIpc) is 3.11. The van der Waals surface area contributed by atoms with Crippen LogP contribution in [0.4, 0.5) is 0 Å². The van der Waals surface area contributed by atoms with Gasteiger partial charge in [0.1, 0.15) is 6.54 Å². The summed E-state index contributed by atoms with van der Waals surface area (Å²) >= 11 is 1.57. The van der Waals surface area contributed by atoms with Crippen LogP contribution in [-0.2, 0) is 11.3 Å². The van der Waals surface area contributed by atoms with Gasteiger partial charge in [0.2, 0.25) is 5.91 Å². The third-order valence-electron chi connectivity index (χ3n) is 4.38. The van der Waals surface area contributed by atoms with Gasteiger partial charge in [0.15, 0.2) is 0 Å². The van der Waals surface area contributed by atoms with Crippen LogP contribution in [0.2, 0.25) is 0 Å². The van der Waals surface area contributed by atoms with Crippen LogP contribution in [0.15, 0.2) is 46.7 Å². The molecule has 3 rings (SSSR count). The molecule has 122 valence electrons. The van der Waals surface area contributed by atoms with Crippen molar-refractivity contribution >= 4 is 17.2 Å². The summed E-state index contributed by atoms with van der Waals surface area (Å²) in [5, 5.41) is 12.4. The quantitative estimate of drug-likeness (QED) is 0.930. The number of thiophene rings is 1. The van der Waals surface area contributed by atoms with Gasteiger partial charge in [-0.1, -0.05) is 12.1 Å². The van der Waals surface area contributed by atoms with Gasteiger partial charge in [0.25, 0.3) is 5.56 Å². The van der Waals surface area contributed by atoms with Crippen LogP contribution in [0.3, 0.4) is 0 Å². The summed E-state index contributed by atoms with van der Waals surface area (Å²) in [4.78, 5) is 26.8. The van der Waals surface area contributed by atoms with Gasteiger partial charge in [0, 0.05) is 30.2 Å². The van der Waals surface area contributed by atoms with Crippen LogP contribution >= 0.6 is 11.3 Å². The molecule has 3 heterocycles. The van der Waals surface area contributed by atoms with Crippen molar-refractivity contribution in [1.29, 1.82) is 0 Å². The number of hydrogen-bond acceptors (Lipinski definition) is 4. The lowest BCUT2D eigenvalue weighted by Gasteiger charge is -2.34. The highest BCUT2D eigenvalue weighted by atomic mass is 32.1. The summed E-state index contributed by atoms with van der Waals surface area (Å²) in [6, 6.07) is 8.77. The zero-order chi connectivity index (χ0) is 16.2. The van der Waals surface area contributed by atoms with Gasteiger partial charge in [-0.05, 0) is 36.3 Å². The van der Waals surface area contributed by atoms with Gasteiger partial charge in [-0.25, -0.2) is 0 Å². The molecule has 1 aliphatic heterocycles. The van der Waals surface area contributed by atoms with Gasteiger partial charge in [-0.15, -0.1) is 11.3 Å². The maximum absolute atomic E-state index is 12.3. The summed E-state index contributed by atoms with van der Waals surface area (Å²) in [7, 11) is 0. The molecule has 1 aliphatic rings. The van der Waals surface area contributed by atoms with E-state index in [0.717, 1.165) is 17.7 Å². The van der Waals surface area contributed by atoms with E-state index in [0.29, 0.717) is 13.1 Å². The van der Waals surface area contributed by atoms with Gasteiger partial charge in [-0.3, -0.25) is 9.59 Å². The lowest BCUT2D eigenvalue weighted by atomic mass is 9.90. The Morgan fingerprint density at radius 1 is 1.26 bits per heavy atom. The molecule has 0 aromatic carbocycles. The maximum Gasteiger partial charge on any atom is 0.250 e. The second kappa shape index (κ2) is 7.10. The van der Waals surface area contributed by atoms with Crippen LogP contribution in [0.5, 0.6) is 0 Å². The van der Waals surface area contributed by atoms with Crippen molar-refractivity contribution in [3.05, 3.63) is 57.1 Å². The smallest absolute Gasteiger partial charge is 0.250 e. The predicted octanol–water partition coefficient (Wildman–Crippen LogP) is 1.88. The van der Waals surface area contributed by atoms with Gasteiger partial charge >= 0.3 is 0 Å². The van der Waals surface area contributed by atoms with E-state index < -0.39 is 6.10 Å². The number of amides is 1. The molecule has 0 aliphatic carbocycles. The Hall–Kier alpha value is -1.92. The number of carbonyl (C=O) groups is 1. The van der Waals surface area contributed by atoms with Crippen molar-refractivity contribution in [2.24, 2.45) is 5.92 Å². The third kappa shape index (κ3) is 3.71. The second-order valence-corrected chi connectivity index (χ2v) is 6.82. The third-order valence-corrected chi connectivity index (χ3v) is 5.32. The molecule has 0 unspecified atom stereocenters. The monoisotopic (exact) mass is 332 g/mol. The number of rotatable bonds is 4. The largest absolute Gasteiger partial charge is 0.387 e. The number of aromatic nitrogens is 1. The molecule has 23 heavy (non-hydrogen) atoms. The first-order valence-corrected chi connectivity index (χ1v) is 8.68. The molecule has 0 saturated carbocycles. The molecule has 0 bridgehead atoms. The highest BCUT2D eigenvalue weighted by Crippen LogP contribution is 2.32. The van der Waals surface area contributed by atoms with Crippen LogP contribution < -0.4 is 5.56 Å². The fraction of sp³-hybridized carbons (Fsp3) is 0.412. The fourth-order valence-corrected chi connectivity index (χ4v) is 3.80. The Labute approximate surface area is 138 Å². The average molecular weight is 332 g/mol. The number of piperidine rings is 1. The van der Waals surface area contributed by atoms with Gasteiger partial charge < -0.3 is 14.6 Å². The number of carbonyl (C=O) groups excluding carboxylic acids is 1. The first-order chi connectivity index (χ1) is 11.1. The number of pyridine rings is 1. The number of aliphatic hydroxyl groups excluding tert-OH is 1. The summed E-state index contributed by atoms with van der Waals surface area (Å²) in [5.74, 6) is 0.152. The fourth-order valence-electron chi connectivity index (χ4n) is 2.99. The van der Waals surface area contributed by atoms with E-state index in [1.54, 1.807) is 34.6 Å². The summed E-state index contributed by atoms with van der Waals surface area (Å²) in [6.07, 6.45) is 2.76. The first-order valence-electron chi connectivity index (χ1n) is 7.80. The predicted molar refractivity (Wildman–Crippen MR) is 89.3 cm³/mol. The van der Waals surface area contributed by atoms with E-state index in [1.807, 2.05) is 17.5 Å². The molecule has 1 fully saturated rings. The second-order valence-electron chi connectivity index (χ2n) is 5.85. The maximum atomic E-state index is 12.3. The summed E-state index contributed by atoms with van der Waals surface area (Å²) in [6.45, 7) is 1.35. The molecular weight excluding hydrogens is 312 g/mol. The first kappa shape index (κ1) is 16.0. The molecule has 1 saturated heterocycles. The van der Waals surface area contributed by atoms with E-state index in [1.165, 1.54) is 10.6 Å². The van der Waals surface area contributed by atoms with E-state index in [4.69, 9.17) is 0 Å². The summed E-state index contributed by atoms with van der Waals surface area (Å²) < 4.78 is 1.43. The van der Waals surface area contributed by atoms with Crippen LogP contribution in [0.1, 0.15) is 23.8 Å². The van der Waals surface area contributed by atoms with Crippen molar-refractivity contribution in [3.8, 4) is 0 Å². The lowest BCUT2D eigenvalue weighted by Crippen LogP contribution is -2.42. The molecule has 2 aromatic heterocycles.